The van der Waals surface area contributed by atoms with Crippen molar-refractivity contribution in [1.82, 2.24) is 9.55 Å². The molecule has 0 bridgehead atoms. The number of aryl methyl sites for hydroxylation is 1. The molecular weight excluding hydrogens is 560 g/mol. The molecule has 2 heterocycles. The molecule has 1 aromatic heterocycles. The van der Waals surface area contributed by atoms with Crippen LogP contribution in [0.5, 0.6) is 5.75 Å². The van der Waals surface area contributed by atoms with E-state index in [1.54, 1.807) is 14.0 Å². The van der Waals surface area contributed by atoms with Gasteiger partial charge in [-0.3, -0.25) is 18.5 Å². The van der Waals surface area contributed by atoms with Crippen LogP contribution < -0.4 is 16.0 Å². The van der Waals surface area contributed by atoms with Crippen LogP contribution in [-0.2, 0) is 29.4 Å². The van der Waals surface area contributed by atoms with Crippen molar-refractivity contribution in [1.29, 1.82) is 0 Å². The number of nitrogens with one attached hydrogen (secondary N) is 1. The largest absolute Gasteiger partial charge is 0.497 e. The summed E-state index contributed by atoms with van der Waals surface area (Å²) >= 11 is 0. The molecule has 0 spiro atoms. The van der Waals surface area contributed by atoms with Crippen LogP contribution in [0.4, 0.5) is 0 Å². The van der Waals surface area contributed by atoms with Crippen LogP contribution in [0, 0.1) is 6.92 Å². The summed E-state index contributed by atoms with van der Waals surface area (Å²) in [6.07, 6.45) is -0.333. The lowest BCUT2D eigenvalue weighted by atomic mass is 9.80. The van der Waals surface area contributed by atoms with Crippen LogP contribution in [0.15, 0.2) is 101 Å². The van der Waals surface area contributed by atoms with Crippen LogP contribution in [0.25, 0.3) is 0 Å². The van der Waals surface area contributed by atoms with Gasteiger partial charge in [0.2, 0.25) is 0 Å². The molecular formula is C31H32N2O8S. The lowest BCUT2D eigenvalue weighted by Crippen LogP contribution is -2.39. The molecule has 1 saturated heterocycles. The molecule has 0 radical (unpaired) electrons. The summed E-state index contributed by atoms with van der Waals surface area (Å²) in [7, 11) is -2.29. The van der Waals surface area contributed by atoms with E-state index in [4.69, 9.17) is 18.4 Å². The number of nitrogens with zero attached hydrogens (tertiary/aromatic N) is 1. The molecule has 1 aliphatic rings. The monoisotopic (exact) mass is 592 g/mol. The van der Waals surface area contributed by atoms with Crippen LogP contribution in [0.3, 0.4) is 0 Å². The van der Waals surface area contributed by atoms with Crippen molar-refractivity contribution in [2.75, 3.05) is 20.0 Å². The Morgan fingerprint density at radius 3 is 2.05 bits per heavy atom. The van der Waals surface area contributed by atoms with Crippen molar-refractivity contribution in [2.24, 2.45) is 0 Å². The minimum atomic E-state index is -3.88. The molecule has 5 rings (SSSR count). The third-order valence-corrected chi connectivity index (χ3v) is 7.85. The molecule has 10 nitrogen and oxygen atoms in total. The molecule has 1 N–H and O–H groups in total. The summed E-state index contributed by atoms with van der Waals surface area (Å²) in [6, 6.07) is 26.9. The first-order valence-corrected chi connectivity index (χ1v) is 15.2. The van der Waals surface area contributed by atoms with E-state index < -0.39 is 45.4 Å². The second-order valence-corrected chi connectivity index (χ2v) is 11.7. The molecule has 0 saturated carbocycles. The predicted octanol–water partition coefficient (Wildman–Crippen LogP) is 3.49. The van der Waals surface area contributed by atoms with Gasteiger partial charge in [0.05, 0.1) is 20.0 Å². The number of hydrogen-bond acceptors (Lipinski definition) is 8. The number of ether oxygens (including phenoxy) is 3. The molecule has 0 aliphatic carbocycles. The van der Waals surface area contributed by atoms with Gasteiger partial charge < -0.3 is 14.2 Å². The fourth-order valence-corrected chi connectivity index (χ4v) is 5.93. The summed E-state index contributed by atoms with van der Waals surface area (Å²) < 4.78 is 49.6. The van der Waals surface area contributed by atoms with Gasteiger partial charge in [0, 0.05) is 18.2 Å². The minimum Gasteiger partial charge on any atom is -0.497 e. The zero-order valence-corrected chi connectivity index (χ0v) is 24.2. The van der Waals surface area contributed by atoms with E-state index in [2.05, 4.69) is 4.98 Å². The number of methoxy groups -OCH3 is 1. The lowest BCUT2D eigenvalue weighted by molar-refractivity contribution is -0.0910. The second kappa shape index (κ2) is 12.1. The molecule has 1 fully saturated rings. The number of aromatic nitrogens is 2. The molecule has 0 unspecified atom stereocenters. The lowest BCUT2D eigenvalue weighted by Gasteiger charge is -2.37. The van der Waals surface area contributed by atoms with Gasteiger partial charge in [0.1, 0.15) is 29.8 Å². The van der Waals surface area contributed by atoms with E-state index in [1.165, 1.54) is 10.8 Å². The Labute approximate surface area is 243 Å². The number of benzene rings is 3. The van der Waals surface area contributed by atoms with E-state index in [1.807, 2.05) is 84.9 Å². The Hall–Kier alpha value is -4.03. The summed E-state index contributed by atoms with van der Waals surface area (Å²) in [5, 5.41) is 0. The molecule has 11 heteroatoms. The average Bonchev–Trinajstić information content (AvgIpc) is 3.37. The number of hydrogen-bond donors (Lipinski definition) is 1. The standard InChI is InChI=1S/C31H32N2O8S/c1-21-19-33(30(35)32-29(21)34)28-18-26(41-42(3,36)37)27(40-28)20-39-31(22-10-6-4-7-11-22,23-12-8-5-9-13-23)24-14-16-25(38-2)17-15-24/h4-17,19,26-28H,18,20H2,1-3H3,(H,32,34,35)/t26-,27-,28-/m1/s1. The Morgan fingerprint density at radius 1 is 0.929 bits per heavy atom. The fourth-order valence-electron chi connectivity index (χ4n) is 5.28. The van der Waals surface area contributed by atoms with Crippen LogP contribution in [0.1, 0.15) is 34.9 Å². The average molecular weight is 593 g/mol. The van der Waals surface area contributed by atoms with Crippen molar-refractivity contribution in [2.45, 2.75) is 37.4 Å². The van der Waals surface area contributed by atoms with Crippen molar-refractivity contribution < 1.29 is 26.8 Å². The van der Waals surface area contributed by atoms with E-state index >= 15 is 0 Å². The maximum Gasteiger partial charge on any atom is 0.330 e. The molecule has 3 aromatic carbocycles. The van der Waals surface area contributed by atoms with Gasteiger partial charge in [-0.15, -0.1) is 0 Å². The smallest absolute Gasteiger partial charge is 0.330 e. The van der Waals surface area contributed by atoms with Gasteiger partial charge in [-0.1, -0.05) is 72.8 Å². The summed E-state index contributed by atoms with van der Waals surface area (Å²) in [5.74, 6) is 0.680. The maximum atomic E-state index is 12.6. The van der Waals surface area contributed by atoms with Gasteiger partial charge in [-0.05, 0) is 35.7 Å². The first-order chi connectivity index (χ1) is 20.1. The van der Waals surface area contributed by atoms with Gasteiger partial charge >= 0.3 is 5.69 Å². The summed E-state index contributed by atoms with van der Waals surface area (Å²) in [4.78, 5) is 26.8. The normalized spacial score (nSPS) is 19.1. The molecule has 3 atom stereocenters. The summed E-state index contributed by atoms with van der Waals surface area (Å²) in [6.45, 7) is 1.47. The van der Waals surface area contributed by atoms with Gasteiger partial charge in [0.15, 0.2) is 0 Å². The highest BCUT2D eigenvalue weighted by atomic mass is 32.2. The van der Waals surface area contributed by atoms with Gasteiger partial charge in [-0.2, -0.15) is 8.42 Å². The van der Waals surface area contributed by atoms with Crippen molar-refractivity contribution in [3.63, 3.8) is 0 Å². The zero-order valence-electron chi connectivity index (χ0n) is 23.4. The molecule has 4 aromatic rings. The molecule has 42 heavy (non-hydrogen) atoms. The topological polar surface area (TPSA) is 126 Å². The highest BCUT2D eigenvalue weighted by molar-refractivity contribution is 7.86. The van der Waals surface area contributed by atoms with Gasteiger partial charge in [0.25, 0.3) is 15.7 Å². The number of H-pyrrole nitrogens is 1. The minimum absolute atomic E-state index is 0.0404. The Bertz CT molecular complexity index is 1700. The second-order valence-electron chi connectivity index (χ2n) is 10.1. The van der Waals surface area contributed by atoms with E-state index in [0.717, 1.165) is 22.9 Å². The summed E-state index contributed by atoms with van der Waals surface area (Å²) in [5.41, 5.74) is 0.489. The Kier molecular flexibility index (Phi) is 8.46. The van der Waals surface area contributed by atoms with E-state index in [-0.39, 0.29) is 13.0 Å². The molecule has 220 valence electrons. The van der Waals surface area contributed by atoms with E-state index in [0.29, 0.717) is 11.3 Å². The first-order valence-electron chi connectivity index (χ1n) is 13.4. The quantitative estimate of drug-likeness (QED) is 0.219. The van der Waals surface area contributed by atoms with E-state index in [9.17, 15) is 18.0 Å². The molecule has 0 amide bonds. The Morgan fingerprint density at radius 2 is 1.50 bits per heavy atom. The third-order valence-electron chi connectivity index (χ3n) is 7.26. The van der Waals surface area contributed by atoms with Crippen LogP contribution >= 0.6 is 0 Å². The van der Waals surface area contributed by atoms with Crippen molar-refractivity contribution in [3.8, 4) is 5.75 Å². The number of rotatable bonds is 10. The van der Waals surface area contributed by atoms with Crippen molar-refractivity contribution in [3.05, 3.63) is 134 Å². The SMILES string of the molecule is COc1ccc(C(OC[C@H]2O[C@@H](n3cc(C)c(=O)[nH]c3=O)C[C@H]2OS(C)(=O)=O)(c2ccccc2)c2ccccc2)cc1. The van der Waals surface area contributed by atoms with Crippen molar-refractivity contribution >= 4 is 10.1 Å². The van der Waals surface area contributed by atoms with Crippen LogP contribution in [-0.4, -0.2) is 50.1 Å². The van der Waals surface area contributed by atoms with Gasteiger partial charge in [-0.25, -0.2) is 4.79 Å². The zero-order chi connectivity index (χ0) is 29.9. The maximum absolute atomic E-state index is 12.6. The highest BCUT2D eigenvalue weighted by Crippen LogP contribution is 2.42. The van der Waals surface area contributed by atoms with Crippen LogP contribution in [0.2, 0.25) is 0 Å². The fraction of sp³-hybridized carbons (Fsp3) is 0.290. The third kappa shape index (κ3) is 6.09. The first kappa shape index (κ1) is 29.5. The predicted molar refractivity (Wildman–Crippen MR) is 156 cm³/mol. The number of aromatic amines is 1. The Balaban J connectivity index is 1.57. The highest BCUT2D eigenvalue weighted by Gasteiger charge is 2.44. The molecule has 1 aliphatic heterocycles.